The minimum atomic E-state index is -4.04. The molecule has 0 saturated carbocycles. The van der Waals surface area contributed by atoms with Crippen molar-refractivity contribution < 1.29 is 22.4 Å². The van der Waals surface area contributed by atoms with E-state index >= 15 is 0 Å². The molecule has 9 heteroatoms. The van der Waals surface area contributed by atoms with E-state index in [1.165, 1.54) is 24.1 Å². The fraction of sp³-hybridized carbons (Fsp3) is 0.226. The summed E-state index contributed by atoms with van der Waals surface area (Å²) in [6.45, 7) is 1.37. The normalized spacial score (nSPS) is 12.3. The molecule has 0 saturated heterocycles. The third-order valence-electron chi connectivity index (χ3n) is 6.71. The molecule has 0 aromatic heterocycles. The van der Waals surface area contributed by atoms with E-state index in [-0.39, 0.29) is 23.4 Å². The molecule has 4 aromatic rings. The smallest absolute Gasteiger partial charge is 0.243 e. The van der Waals surface area contributed by atoms with Gasteiger partial charge in [0.05, 0.1) is 11.4 Å². The van der Waals surface area contributed by atoms with E-state index in [1.54, 1.807) is 37.3 Å². The van der Waals surface area contributed by atoms with Crippen molar-refractivity contribution in [2.24, 2.45) is 0 Å². The molecule has 0 fully saturated rings. The third kappa shape index (κ3) is 6.73. The van der Waals surface area contributed by atoms with Gasteiger partial charge in [0.1, 0.15) is 11.9 Å². The summed E-state index contributed by atoms with van der Waals surface area (Å²) in [6.07, 6.45) is 0.175. The van der Waals surface area contributed by atoms with E-state index in [0.29, 0.717) is 6.54 Å². The summed E-state index contributed by atoms with van der Waals surface area (Å²) in [5.41, 5.74) is 1.03. The quantitative estimate of drug-likeness (QED) is 0.295. The number of rotatable bonds is 11. The Hall–Kier alpha value is -4.08. The molecule has 0 aliphatic carbocycles. The van der Waals surface area contributed by atoms with Crippen LogP contribution in [0.4, 0.5) is 4.39 Å². The molecular weight excluding hydrogens is 529 g/mol. The monoisotopic (exact) mass is 561 g/mol. The maximum Gasteiger partial charge on any atom is 0.243 e. The highest BCUT2D eigenvalue weighted by molar-refractivity contribution is 7.89. The molecule has 0 unspecified atom stereocenters. The number of sulfonamides is 1. The topological polar surface area (TPSA) is 86.8 Å². The summed E-state index contributed by atoms with van der Waals surface area (Å²) >= 11 is 0. The lowest BCUT2D eigenvalue weighted by Crippen LogP contribution is -2.53. The fourth-order valence-corrected chi connectivity index (χ4v) is 5.69. The Morgan fingerprint density at radius 1 is 0.875 bits per heavy atom. The van der Waals surface area contributed by atoms with Crippen LogP contribution in [-0.4, -0.2) is 55.6 Å². The number of nitrogens with one attached hydrogen (secondary N) is 1. The molecule has 0 radical (unpaired) electrons. The average Bonchev–Trinajstić information content (AvgIpc) is 2.96. The summed E-state index contributed by atoms with van der Waals surface area (Å²) in [5, 5.41) is 4.41. The molecule has 0 heterocycles. The number of carbonyl (C=O) groups is 2. The van der Waals surface area contributed by atoms with Crippen molar-refractivity contribution in [1.82, 2.24) is 14.5 Å². The van der Waals surface area contributed by atoms with Gasteiger partial charge < -0.3 is 10.2 Å². The summed E-state index contributed by atoms with van der Waals surface area (Å²) < 4.78 is 42.6. The van der Waals surface area contributed by atoms with Crippen molar-refractivity contribution in [2.45, 2.75) is 30.8 Å². The van der Waals surface area contributed by atoms with E-state index in [9.17, 15) is 22.4 Å². The summed E-state index contributed by atoms with van der Waals surface area (Å²) in [5.74, 6) is -1.55. The van der Waals surface area contributed by atoms with Gasteiger partial charge in [-0.15, -0.1) is 0 Å². The number of benzene rings is 4. The zero-order valence-corrected chi connectivity index (χ0v) is 23.3. The molecule has 2 amide bonds. The van der Waals surface area contributed by atoms with Gasteiger partial charge >= 0.3 is 0 Å². The van der Waals surface area contributed by atoms with Gasteiger partial charge in [0, 0.05) is 32.1 Å². The molecule has 0 bridgehead atoms. The molecule has 0 aliphatic heterocycles. The van der Waals surface area contributed by atoms with Gasteiger partial charge in [-0.2, -0.15) is 4.31 Å². The zero-order chi connectivity index (χ0) is 28.7. The number of nitrogens with zero attached hydrogens (tertiary/aromatic N) is 2. The van der Waals surface area contributed by atoms with E-state index in [0.717, 1.165) is 20.6 Å². The van der Waals surface area contributed by atoms with Crippen LogP contribution in [0.3, 0.4) is 0 Å². The van der Waals surface area contributed by atoms with Crippen LogP contribution in [0.5, 0.6) is 0 Å². The van der Waals surface area contributed by atoms with Crippen molar-refractivity contribution in [3.8, 4) is 0 Å². The second-order valence-electron chi connectivity index (χ2n) is 9.48. The van der Waals surface area contributed by atoms with Crippen molar-refractivity contribution in [2.75, 3.05) is 20.1 Å². The molecule has 4 aromatic carbocycles. The number of fused-ring (bicyclic) bond motifs is 1. The maximum absolute atomic E-state index is 14.7. The van der Waals surface area contributed by atoms with E-state index in [4.69, 9.17) is 0 Å². The van der Waals surface area contributed by atoms with E-state index in [1.807, 2.05) is 54.6 Å². The molecule has 7 nitrogen and oxygen atoms in total. The van der Waals surface area contributed by atoms with Crippen molar-refractivity contribution in [3.05, 3.63) is 114 Å². The van der Waals surface area contributed by atoms with E-state index < -0.39 is 40.2 Å². The first-order valence-electron chi connectivity index (χ1n) is 13.0. The molecule has 0 aliphatic rings. The lowest BCUT2D eigenvalue weighted by Gasteiger charge is -2.32. The molecule has 1 atom stereocenters. The predicted octanol–water partition coefficient (Wildman–Crippen LogP) is 4.38. The number of halogens is 1. The lowest BCUT2D eigenvalue weighted by molar-refractivity contribution is -0.141. The van der Waals surface area contributed by atoms with Gasteiger partial charge in [-0.05, 0) is 41.5 Å². The van der Waals surface area contributed by atoms with Gasteiger partial charge in [-0.25, -0.2) is 12.8 Å². The first-order valence-corrected chi connectivity index (χ1v) is 14.4. The van der Waals surface area contributed by atoms with Gasteiger partial charge in [-0.1, -0.05) is 78.9 Å². The van der Waals surface area contributed by atoms with E-state index in [2.05, 4.69) is 5.32 Å². The Balaban J connectivity index is 1.67. The highest BCUT2D eigenvalue weighted by atomic mass is 32.2. The van der Waals surface area contributed by atoms with Crippen LogP contribution in [0, 0.1) is 5.82 Å². The minimum Gasteiger partial charge on any atom is -0.355 e. The summed E-state index contributed by atoms with van der Waals surface area (Å²) in [4.78, 5) is 28.4. The summed E-state index contributed by atoms with van der Waals surface area (Å²) in [6, 6.07) is 26.4. The lowest BCUT2D eigenvalue weighted by atomic mass is 10.0. The van der Waals surface area contributed by atoms with Crippen LogP contribution in [-0.2, 0) is 32.6 Å². The second-order valence-corrected chi connectivity index (χ2v) is 11.5. The Morgan fingerprint density at radius 3 is 2.23 bits per heavy atom. The third-order valence-corrected chi connectivity index (χ3v) is 8.51. The number of likely N-dealkylation sites (N-methyl/N-ethyl adjacent to an activating group) is 2. The average molecular weight is 562 g/mol. The van der Waals surface area contributed by atoms with Gasteiger partial charge in [0.15, 0.2) is 0 Å². The van der Waals surface area contributed by atoms with Crippen LogP contribution in [0.25, 0.3) is 10.8 Å². The molecule has 40 heavy (non-hydrogen) atoms. The molecular formula is C31H32FN3O4S. The minimum absolute atomic E-state index is 0.0479. The Kier molecular flexibility index (Phi) is 9.29. The summed E-state index contributed by atoms with van der Waals surface area (Å²) in [7, 11) is -2.72. The van der Waals surface area contributed by atoms with Gasteiger partial charge in [0.25, 0.3) is 0 Å². The number of carbonyl (C=O) groups excluding carboxylic acids is 2. The molecule has 0 spiro atoms. The van der Waals surface area contributed by atoms with Crippen molar-refractivity contribution in [3.63, 3.8) is 0 Å². The number of hydrogen-bond acceptors (Lipinski definition) is 4. The zero-order valence-electron chi connectivity index (χ0n) is 22.5. The Labute approximate surface area is 234 Å². The Bertz CT molecular complexity index is 1590. The molecule has 1 N–H and O–H groups in total. The van der Waals surface area contributed by atoms with Crippen LogP contribution < -0.4 is 5.32 Å². The first kappa shape index (κ1) is 28.9. The van der Waals surface area contributed by atoms with Crippen LogP contribution >= 0.6 is 0 Å². The fourth-order valence-electron chi connectivity index (χ4n) is 4.53. The van der Waals surface area contributed by atoms with Gasteiger partial charge in [0.2, 0.25) is 21.8 Å². The standard InChI is InChI=1S/C31H32FN3O4S/c1-3-33-31(37)29(19-23-11-5-4-6-12-23)35(21-26-15-9-10-16-28(26)32)30(36)22-34(2)40(38,39)27-18-17-24-13-7-8-14-25(24)20-27/h4-18,20,29H,3,19,21-22H2,1-2H3,(H,33,37)/t29-/m1/s1. The Morgan fingerprint density at radius 2 is 1.52 bits per heavy atom. The highest BCUT2D eigenvalue weighted by Gasteiger charge is 2.33. The van der Waals surface area contributed by atoms with Gasteiger partial charge in [-0.3, -0.25) is 9.59 Å². The number of amides is 2. The van der Waals surface area contributed by atoms with Crippen LogP contribution in [0.2, 0.25) is 0 Å². The van der Waals surface area contributed by atoms with Crippen molar-refractivity contribution in [1.29, 1.82) is 0 Å². The second kappa shape index (κ2) is 12.8. The van der Waals surface area contributed by atoms with Crippen molar-refractivity contribution >= 4 is 32.6 Å². The largest absolute Gasteiger partial charge is 0.355 e. The number of hydrogen-bond donors (Lipinski definition) is 1. The highest BCUT2D eigenvalue weighted by Crippen LogP contribution is 2.22. The SMILES string of the molecule is CCNC(=O)[C@@H](Cc1ccccc1)N(Cc1ccccc1F)C(=O)CN(C)S(=O)(=O)c1ccc2ccccc2c1. The van der Waals surface area contributed by atoms with Crippen LogP contribution in [0.1, 0.15) is 18.1 Å². The van der Waals surface area contributed by atoms with Crippen LogP contribution in [0.15, 0.2) is 102 Å². The predicted molar refractivity (Wildman–Crippen MR) is 153 cm³/mol. The molecule has 208 valence electrons. The first-order chi connectivity index (χ1) is 19.2. The maximum atomic E-state index is 14.7. The molecule has 4 rings (SSSR count).